The highest BCUT2D eigenvalue weighted by atomic mass is 19.1. The van der Waals surface area contributed by atoms with Gasteiger partial charge in [0.25, 0.3) is 0 Å². The Labute approximate surface area is 104 Å². The molecule has 2 nitrogen and oxygen atoms in total. The first kappa shape index (κ1) is 12.5. The van der Waals surface area contributed by atoms with Gasteiger partial charge in [-0.15, -0.1) is 0 Å². The standard InChI is InChI=1S/C14H13F2NO/c1-9-6-12(4-2-10(9)8-17)18-14-7-11(15)3-5-13(14)16/h2-7H,8,17H2,1H3. The van der Waals surface area contributed by atoms with Crippen LogP contribution in [0, 0.1) is 18.6 Å². The van der Waals surface area contributed by atoms with Crippen LogP contribution in [-0.2, 0) is 6.54 Å². The monoisotopic (exact) mass is 249 g/mol. The second-order valence-corrected chi connectivity index (χ2v) is 3.97. The summed E-state index contributed by atoms with van der Waals surface area (Å²) < 4.78 is 31.7. The van der Waals surface area contributed by atoms with E-state index >= 15 is 0 Å². The highest BCUT2D eigenvalue weighted by Gasteiger charge is 2.07. The van der Waals surface area contributed by atoms with Gasteiger partial charge in [0, 0.05) is 12.6 Å². The van der Waals surface area contributed by atoms with Gasteiger partial charge in [0.05, 0.1) is 0 Å². The van der Waals surface area contributed by atoms with E-state index in [1.165, 1.54) is 0 Å². The molecule has 0 aliphatic heterocycles. The van der Waals surface area contributed by atoms with Gasteiger partial charge in [0.1, 0.15) is 11.6 Å². The Bertz CT molecular complexity index is 570. The lowest BCUT2D eigenvalue weighted by Crippen LogP contribution is -1.99. The van der Waals surface area contributed by atoms with E-state index < -0.39 is 11.6 Å². The first-order valence-electron chi connectivity index (χ1n) is 5.52. The number of hydrogen-bond donors (Lipinski definition) is 1. The molecular formula is C14H13F2NO. The Morgan fingerprint density at radius 1 is 1.11 bits per heavy atom. The molecule has 0 saturated heterocycles. The predicted molar refractivity (Wildman–Crippen MR) is 65.5 cm³/mol. The molecule has 2 rings (SSSR count). The largest absolute Gasteiger partial charge is 0.454 e. The van der Waals surface area contributed by atoms with Crippen molar-refractivity contribution in [2.24, 2.45) is 5.73 Å². The van der Waals surface area contributed by atoms with Crippen molar-refractivity contribution >= 4 is 0 Å². The molecule has 2 aromatic rings. The van der Waals surface area contributed by atoms with Gasteiger partial charge in [0.15, 0.2) is 11.6 Å². The topological polar surface area (TPSA) is 35.2 Å². The van der Waals surface area contributed by atoms with E-state index in [0.717, 1.165) is 29.3 Å². The second kappa shape index (κ2) is 5.14. The van der Waals surface area contributed by atoms with Gasteiger partial charge >= 0.3 is 0 Å². The molecule has 0 unspecified atom stereocenters. The van der Waals surface area contributed by atoms with Crippen LogP contribution in [0.2, 0.25) is 0 Å². The average molecular weight is 249 g/mol. The van der Waals surface area contributed by atoms with E-state index in [1.54, 1.807) is 12.1 Å². The highest BCUT2D eigenvalue weighted by molar-refractivity contribution is 5.38. The first-order chi connectivity index (χ1) is 8.60. The maximum atomic E-state index is 13.4. The van der Waals surface area contributed by atoms with Gasteiger partial charge in [0.2, 0.25) is 0 Å². The van der Waals surface area contributed by atoms with Crippen LogP contribution >= 0.6 is 0 Å². The van der Waals surface area contributed by atoms with Crippen LogP contribution in [0.1, 0.15) is 11.1 Å². The van der Waals surface area contributed by atoms with E-state index in [-0.39, 0.29) is 5.75 Å². The van der Waals surface area contributed by atoms with Crippen LogP contribution in [0.5, 0.6) is 11.5 Å². The minimum Gasteiger partial charge on any atom is -0.454 e. The van der Waals surface area contributed by atoms with Gasteiger partial charge in [-0.2, -0.15) is 0 Å². The number of nitrogens with two attached hydrogens (primary N) is 1. The smallest absolute Gasteiger partial charge is 0.165 e. The Balaban J connectivity index is 2.28. The minimum atomic E-state index is -0.600. The second-order valence-electron chi connectivity index (χ2n) is 3.97. The molecule has 18 heavy (non-hydrogen) atoms. The molecule has 0 aliphatic carbocycles. The molecule has 0 saturated carbocycles. The lowest BCUT2D eigenvalue weighted by atomic mass is 10.1. The molecule has 94 valence electrons. The number of benzene rings is 2. The summed E-state index contributed by atoms with van der Waals surface area (Å²) >= 11 is 0. The van der Waals surface area contributed by atoms with Crippen molar-refractivity contribution < 1.29 is 13.5 Å². The highest BCUT2D eigenvalue weighted by Crippen LogP contribution is 2.26. The number of aryl methyl sites for hydroxylation is 1. The van der Waals surface area contributed by atoms with Crippen molar-refractivity contribution in [3.63, 3.8) is 0 Å². The molecule has 4 heteroatoms. The lowest BCUT2D eigenvalue weighted by Gasteiger charge is -2.09. The summed E-state index contributed by atoms with van der Waals surface area (Å²) in [4.78, 5) is 0. The summed E-state index contributed by atoms with van der Waals surface area (Å²) in [5, 5.41) is 0. The lowest BCUT2D eigenvalue weighted by molar-refractivity contribution is 0.436. The summed E-state index contributed by atoms with van der Waals surface area (Å²) in [7, 11) is 0. The molecule has 0 bridgehead atoms. The molecule has 0 radical (unpaired) electrons. The Morgan fingerprint density at radius 3 is 2.56 bits per heavy atom. The third-order valence-corrected chi connectivity index (χ3v) is 2.66. The van der Waals surface area contributed by atoms with Crippen LogP contribution in [0.25, 0.3) is 0 Å². The molecule has 0 aliphatic rings. The van der Waals surface area contributed by atoms with Gasteiger partial charge in [-0.3, -0.25) is 0 Å². The first-order valence-corrected chi connectivity index (χ1v) is 5.52. The summed E-state index contributed by atoms with van der Waals surface area (Å²) in [6.45, 7) is 2.32. The molecule has 0 heterocycles. The van der Waals surface area contributed by atoms with Crippen molar-refractivity contribution in [1.29, 1.82) is 0 Å². The fourth-order valence-corrected chi connectivity index (χ4v) is 1.64. The van der Waals surface area contributed by atoms with Crippen LogP contribution in [0.15, 0.2) is 36.4 Å². The fraction of sp³-hybridized carbons (Fsp3) is 0.143. The molecule has 0 amide bonds. The third-order valence-electron chi connectivity index (χ3n) is 2.66. The van der Waals surface area contributed by atoms with E-state index in [9.17, 15) is 8.78 Å². The number of halogens is 2. The van der Waals surface area contributed by atoms with Crippen molar-refractivity contribution in [2.75, 3.05) is 0 Å². The van der Waals surface area contributed by atoms with Gasteiger partial charge in [-0.25, -0.2) is 8.78 Å². The zero-order valence-corrected chi connectivity index (χ0v) is 9.91. The van der Waals surface area contributed by atoms with Crippen molar-refractivity contribution in [1.82, 2.24) is 0 Å². The minimum absolute atomic E-state index is 0.130. The van der Waals surface area contributed by atoms with E-state index in [4.69, 9.17) is 10.5 Å². The van der Waals surface area contributed by atoms with Crippen LogP contribution in [0.3, 0.4) is 0 Å². The van der Waals surface area contributed by atoms with Crippen molar-refractivity contribution in [3.8, 4) is 11.5 Å². The van der Waals surface area contributed by atoms with E-state index in [0.29, 0.717) is 12.3 Å². The number of rotatable bonds is 3. The quantitative estimate of drug-likeness (QED) is 0.903. The number of hydrogen-bond acceptors (Lipinski definition) is 2. The maximum Gasteiger partial charge on any atom is 0.165 e. The SMILES string of the molecule is Cc1cc(Oc2cc(F)ccc2F)ccc1CN. The van der Waals surface area contributed by atoms with Gasteiger partial charge in [-0.05, 0) is 42.3 Å². The predicted octanol–water partition coefficient (Wildman–Crippen LogP) is 3.52. The molecule has 2 N–H and O–H groups in total. The van der Waals surface area contributed by atoms with Crippen molar-refractivity contribution in [2.45, 2.75) is 13.5 Å². The molecule has 2 aromatic carbocycles. The van der Waals surface area contributed by atoms with Crippen molar-refractivity contribution in [3.05, 3.63) is 59.2 Å². The summed E-state index contributed by atoms with van der Waals surface area (Å²) in [5.74, 6) is -0.817. The zero-order valence-electron chi connectivity index (χ0n) is 9.91. The zero-order chi connectivity index (χ0) is 13.1. The van der Waals surface area contributed by atoms with Crippen LogP contribution in [-0.4, -0.2) is 0 Å². The van der Waals surface area contributed by atoms with Crippen LogP contribution in [0.4, 0.5) is 8.78 Å². The Morgan fingerprint density at radius 2 is 1.89 bits per heavy atom. The summed E-state index contributed by atoms with van der Waals surface area (Å²) in [6, 6.07) is 8.33. The maximum absolute atomic E-state index is 13.4. The normalized spacial score (nSPS) is 10.4. The fourth-order valence-electron chi connectivity index (χ4n) is 1.64. The molecule has 0 spiro atoms. The van der Waals surface area contributed by atoms with E-state index in [1.807, 2.05) is 13.0 Å². The summed E-state index contributed by atoms with van der Waals surface area (Å²) in [6.07, 6.45) is 0. The van der Waals surface area contributed by atoms with Gasteiger partial charge < -0.3 is 10.5 Å². The molecule has 0 fully saturated rings. The molecular weight excluding hydrogens is 236 g/mol. The Hall–Kier alpha value is -1.94. The Kier molecular flexibility index (Phi) is 3.58. The summed E-state index contributed by atoms with van der Waals surface area (Å²) in [5.41, 5.74) is 7.49. The average Bonchev–Trinajstić information content (AvgIpc) is 2.34. The molecule has 0 aromatic heterocycles. The van der Waals surface area contributed by atoms with Crippen LogP contribution < -0.4 is 10.5 Å². The third kappa shape index (κ3) is 2.65. The molecule has 0 atom stereocenters. The van der Waals surface area contributed by atoms with E-state index in [2.05, 4.69) is 0 Å². The number of ether oxygens (including phenoxy) is 1. The van der Waals surface area contributed by atoms with Gasteiger partial charge in [-0.1, -0.05) is 6.07 Å².